The van der Waals surface area contributed by atoms with E-state index in [4.69, 9.17) is 4.74 Å². The van der Waals surface area contributed by atoms with Crippen molar-refractivity contribution in [2.75, 3.05) is 6.54 Å². The fourth-order valence-corrected chi connectivity index (χ4v) is 3.48. The van der Waals surface area contributed by atoms with Crippen molar-refractivity contribution in [2.45, 2.75) is 70.7 Å². The van der Waals surface area contributed by atoms with E-state index < -0.39 is 0 Å². The van der Waals surface area contributed by atoms with Gasteiger partial charge in [-0.2, -0.15) is 5.10 Å². The van der Waals surface area contributed by atoms with Crippen LogP contribution < -0.4 is 0 Å². The molecule has 1 saturated carbocycles. The van der Waals surface area contributed by atoms with Crippen molar-refractivity contribution in [1.82, 2.24) is 14.7 Å². The van der Waals surface area contributed by atoms with Gasteiger partial charge in [0, 0.05) is 18.8 Å². The summed E-state index contributed by atoms with van der Waals surface area (Å²) in [7, 11) is 0. The van der Waals surface area contributed by atoms with Crippen LogP contribution in [0.5, 0.6) is 0 Å². The van der Waals surface area contributed by atoms with Crippen molar-refractivity contribution < 1.29 is 9.53 Å². The number of hydrogen-bond donors (Lipinski definition) is 0. The van der Waals surface area contributed by atoms with Gasteiger partial charge in [-0.3, -0.25) is 9.48 Å². The molecule has 0 spiro atoms. The van der Waals surface area contributed by atoms with Crippen LogP contribution in [0.4, 0.5) is 0 Å². The van der Waals surface area contributed by atoms with Crippen LogP contribution >= 0.6 is 0 Å². The Morgan fingerprint density at radius 2 is 2.19 bits per heavy atom. The monoisotopic (exact) mass is 291 g/mol. The van der Waals surface area contributed by atoms with Crippen LogP contribution in [0.15, 0.2) is 12.3 Å². The number of aromatic nitrogens is 2. The number of hydrogen-bond acceptors (Lipinski definition) is 3. The third-order valence-electron chi connectivity index (χ3n) is 4.46. The molecule has 2 heterocycles. The lowest BCUT2D eigenvalue weighted by Gasteiger charge is -2.45. The van der Waals surface area contributed by atoms with Crippen LogP contribution in [0.1, 0.15) is 63.5 Å². The van der Waals surface area contributed by atoms with Gasteiger partial charge >= 0.3 is 0 Å². The molecule has 0 aromatic carbocycles. The average Bonchev–Trinajstić information content (AvgIpc) is 3.03. The fraction of sp³-hybridized carbons (Fsp3) is 0.750. The smallest absolute Gasteiger partial charge is 0.274 e. The minimum absolute atomic E-state index is 0.0441. The molecule has 1 amide bonds. The predicted octanol–water partition coefficient (Wildman–Crippen LogP) is 2.64. The molecule has 0 unspecified atom stereocenters. The third kappa shape index (κ3) is 2.71. The Kier molecular flexibility index (Phi) is 3.56. The number of ether oxygens (including phenoxy) is 1. The molecule has 116 valence electrons. The van der Waals surface area contributed by atoms with Crippen LogP contribution in [0.2, 0.25) is 0 Å². The van der Waals surface area contributed by atoms with Gasteiger partial charge in [-0.1, -0.05) is 0 Å². The van der Waals surface area contributed by atoms with Gasteiger partial charge in [0.1, 0.15) is 5.69 Å². The molecule has 1 aliphatic carbocycles. The molecule has 0 N–H and O–H groups in total. The number of fused-ring (bicyclic) bond motifs is 1. The first-order valence-electron chi connectivity index (χ1n) is 7.91. The van der Waals surface area contributed by atoms with Gasteiger partial charge in [0.15, 0.2) is 0 Å². The normalized spacial score (nSPS) is 28.0. The number of carbonyl (C=O) groups excluding carboxylic acids is 1. The average molecular weight is 291 g/mol. The van der Waals surface area contributed by atoms with Crippen LogP contribution in [0, 0.1) is 0 Å². The summed E-state index contributed by atoms with van der Waals surface area (Å²) in [5, 5.41) is 4.43. The second kappa shape index (κ2) is 5.13. The zero-order chi connectivity index (χ0) is 15.2. The van der Waals surface area contributed by atoms with Gasteiger partial charge in [0.2, 0.25) is 0 Å². The van der Waals surface area contributed by atoms with Crippen LogP contribution in [-0.4, -0.2) is 44.9 Å². The summed E-state index contributed by atoms with van der Waals surface area (Å²) in [6.45, 7) is 8.89. The zero-order valence-electron chi connectivity index (χ0n) is 13.4. The highest BCUT2D eigenvalue weighted by Crippen LogP contribution is 2.36. The molecule has 1 saturated heterocycles. The highest BCUT2D eigenvalue weighted by molar-refractivity contribution is 5.92. The molecule has 5 heteroatoms. The molecule has 1 aliphatic heterocycles. The van der Waals surface area contributed by atoms with Crippen LogP contribution in [0.3, 0.4) is 0 Å². The standard InChI is InChI=1S/C16H25N3O2/c1-11(2)19-9-8-12(17-19)15(20)18-10-16(3,4)21-14-7-5-6-13(14)18/h8-9,11,13-14H,5-7,10H2,1-4H3/t13-,14-/m1/s1. The Balaban J connectivity index is 1.84. The quantitative estimate of drug-likeness (QED) is 0.841. The van der Waals surface area contributed by atoms with E-state index in [9.17, 15) is 4.79 Å². The van der Waals surface area contributed by atoms with Crippen molar-refractivity contribution in [3.63, 3.8) is 0 Å². The second-order valence-corrected chi connectivity index (χ2v) is 7.12. The van der Waals surface area contributed by atoms with E-state index in [0.29, 0.717) is 12.2 Å². The lowest BCUT2D eigenvalue weighted by Crippen LogP contribution is -2.58. The van der Waals surface area contributed by atoms with Crippen LogP contribution in [0.25, 0.3) is 0 Å². The van der Waals surface area contributed by atoms with E-state index in [1.54, 1.807) is 0 Å². The lowest BCUT2D eigenvalue weighted by molar-refractivity contribution is -0.142. The van der Waals surface area contributed by atoms with Gasteiger partial charge < -0.3 is 9.64 Å². The number of amides is 1. The fourth-order valence-electron chi connectivity index (χ4n) is 3.48. The largest absolute Gasteiger partial charge is 0.368 e. The second-order valence-electron chi connectivity index (χ2n) is 7.12. The molecule has 0 radical (unpaired) electrons. The van der Waals surface area contributed by atoms with E-state index >= 15 is 0 Å². The molecular weight excluding hydrogens is 266 g/mol. The highest BCUT2D eigenvalue weighted by atomic mass is 16.5. The zero-order valence-corrected chi connectivity index (χ0v) is 13.4. The van der Waals surface area contributed by atoms with E-state index in [0.717, 1.165) is 19.3 Å². The van der Waals surface area contributed by atoms with E-state index in [1.807, 2.05) is 21.8 Å². The summed E-state index contributed by atoms with van der Waals surface area (Å²) in [5.74, 6) is 0.0441. The first-order chi connectivity index (χ1) is 9.87. The first-order valence-corrected chi connectivity index (χ1v) is 7.91. The summed E-state index contributed by atoms with van der Waals surface area (Å²) in [5.41, 5.74) is 0.272. The van der Waals surface area contributed by atoms with Gasteiger partial charge in [-0.15, -0.1) is 0 Å². The number of carbonyl (C=O) groups is 1. The van der Waals surface area contributed by atoms with Crippen molar-refractivity contribution in [3.05, 3.63) is 18.0 Å². The van der Waals surface area contributed by atoms with Gasteiger partial charge in [0.05, 0.1) is 17.7 Å². The summed E-state index contributed by atoms with van der Waals surface area (Å²) in [4.78, 5) is 14.9. The van der Waals surface area contributed by atoms with E-state index in [-0.39, 0.29) is 29.7 Å². The topological polar surface area (TPSA) is 47.4 Å². The summed E-state index contributed by atoms with van der Waals surface area (Å²) < 4.78 is 7.98. The Labute approximate surface area is 126 Å². The predicted molar refractivity (Wildman–Crippen MR) is 80.2 cm³/mol. The third-order valence-corrected chi connectivity index (χ3v) is 4.46. The molecule has 0 bridgehead atoms. The molecule has 1 aromatic heterocycles. The summed E-state index contributed by atoms with van der Waals surface area (Å²) >= 11 is 0. The Bertz CT molecular complexity index is 535. The van der Waals surface area contributed by atoms with Crippen molar-refractivity contribution in [3.8, 4) is 0 Å². The van der Waals surface area contributed by atoms with Crippen LogP contribution in [-0.2, 0) is 4.74 Å². The van der Waals surface area contributed by atoms with Crippen molar-refractivity contribution in [2.24, 2.45) is 0 Å². The molecule has 1 aromatic rings. The Morgan fingerprint density at radius 3 is 2.86 bits per heavy atom. The van der Waals surface area contributed by atoms with Crippen molar-refractivity contribution in [1.29, 1.82) is 0 Å². The van der Waals surface area contributed by atoms with E-state index in [1.165, 1.54) is 0 Å². The maximum absolute atomic E-state index is 12.9. The maximum Gasteiger partial charge on any atom is 0.274 e. The van der Waals surface area contributed by atoms with Crippen molar-refractivity contribution >= 4 is 5.91 Å². The van der Waals surface area contributed by atoms with E-state index in [2.05, 4.69) is 32.8 Å². The SMILES string of the molecule is CC(C)n1ccc(C(=O)N2CC(C)(C)O[C@@H]3CCC[C@H]32)n1. The molecular formula is C16H25N3O2. The van der Waals surface area contributed by atoms with Gasteiger partial charge in [-0.25, -0.2) is 0 Å². The lowest BCUT2D eigenvalue weighted by atomic mass is 10.0. The molecule has 5 nitrogen and oxygen atoms in total. The van der Waals surface area contributed by atoms with Gasteiger partial charge in [0.25, 0.3) is 5.91 Å². The molecule has 2 fully saturated rings. The number of rotatable bonds is 2. The Hall–Kier alpha value is -1.36. The molecule has 2 atom stereocenters. The summed E-state index contributed by atoms with van der Waals surface area (Å²) in [6, 6.07) is 2.32. The maximum atomic E-state index is 12.9. The Morgan fingerprint density at radius 1 is 1.43 bits per heavy atom. The first kappa shape index (κ1) is 14.6. The summed E-state index contributed by atoms with van der Waals surface area (Å²) in [6.07, 6.45) is 5.30. The molecule has 3 rings (SSSR count). The molecule has 2 aliphatic rings. The highest BCUT2D eigenvalue weighted by Gasteiger charge is 2.45. The minimum atomic E-state index is -0.276. The molecule has 21 heavy (non-hydrogen) atoms. The minimum Gasteiger partial charge on any atom is -0.368 e. The van der Waals surface area contributed by atoms with Gasteiger partial charge in [-0.05, 0) is 53.0 Å². The number of nitrogens with zero attached hydrogens (tertiary/aromatic N) is 3. The number of morpholine rings is 1.